The lowest BCUT2D eigenvalue weighted by Gasteiger charge is -2.09. The highest BCUT2D eigenvalue weighted by Crippen LogP contribution is 2.25. The number of aromatic nitrogens is 2. The molecule has 8 heteroatoms. The molecule has 1 heterocycles. The lowest BCUT2D eigenvalue weighted by atomic mass is 10.2. The molecular formula is C24H19ClN4O3. The molecule has 0 aliphatic rings. The first-order chi connectivity index (χ1) is 15.5. The van der Waals surface area contributed by atoms with Crippen LogP contribution in [0, 0.1) is 0 Å². The van der Waals surface area contributed by atoms with Crippen molar-refractivity contribution in [2.45, 2.75) is 0 Å². The number of rotatable bonds is 6. The van der Waals surface area contributed by atoms with Gasteiger partial charge in [-0.2, -0.15) is 5.10 Å². The maximum absolute atomic E-state index is 12.5. The van der Waals surface area contributed by atoms with Gasteiger partial charge in [-0.3, -0.25) is 4.79 Å². The molecule has 0 bridgehead atoms. The third-order valence-electron chi connectivity index (χ3n) is 4.61. The number of amides is 1. The average molecular weight is 447 g/mol. The standard InChI is InChI=1S/C24H19ClN4O3/c25-19-12-11-17(13-20(19)26)24(31)32-15-23(30)27-22-14-21(16-7-3-1-4-8-16)28-29(22)18-9-5-2-6-10-18/h1-14H,15,26H2,(H,27,30). The van der Waals surface area contributed by atoms with Crippen LogP contribution in [0.25, 0.3) is 16.9 Å². The number of nitrogens with one attached hydrogen (secondary N) is 1. The number of hydrogen-bond donors (Lipinski definition) is 2. The van der Waals surface area contributed by atoms with Crippen LogP contribution in [0.2, 0.25) is 5.02 Å². The molecule has 0 unspecified atom stereocenters. The molecule has 0 saturated heterocycles. The SMILES string of the molecule is Nc1cc(C(=O)OCC(=O)Nc2cc(-c3ccccc3)nn2-c2ccccc2)ccc1Cl. The molecular weight excluding hydrogens is 428 g/mol. The molecule has 0 spiro atoms. The maximum Gasteiger partial charge on any atom is 0.338 e. The van der Waals surface area contributed by atoms with E-state index in [0.29, 0.717) is 16.5 Å². The van der Waals surface area contributed by atoms with Gasteiger partial charge in [0.2, 0.25) is 0 Å². The van der Waals surface area contributed by atoms with E-state index in [1.54, 1.807) is 10.7 Å². The van der Waals surface area contributed by atoms with Crippen molar-refractivity contribution in [2.75, 3.05) is 17.7 Å². The normalized spacial score (nSPS) is 10.5. The van der Waals surface area contributed by atoms with E-state index in [0.717, 1.165) is 11.3 Å². The van der Waals surface area contributed by atoms with Crippen LogP contribution in [-0.2, 0) is 9.53 Å². The number of carbonyl (C=O) groups is 2. The summed E-state index contributed by atoms with van der Waals surface area (Å²) in [5.41, 5.74) is 8.55. The molecule has 32 heavy (non-hydrogen) atoms. The molecule has 0 aliphatic carbocycles. The molecule has 3 N–H and O–H groups in total. The Morgan fingerprint density at radius 2 is 1.66 bits per heavy atom. The van der Waals surface area contributed by atoms with Crippen LogP contribution >= 0.6 is 11.6 Å². The van der Waals surface area contributed by atoms with Gasteiger partial charge in [-0.05, 0) is 30.3 Å². The number of nitrogens with zero attached hydrogens (tertiary/aromatic N) is 2. The van der Waals surface area contributed by atoms with E-state index in [4.69, 9.17) is 22.1 Å². The van der Waals surface area contributed by atoms with Gasteiger partial charge in [0.15, 0.2) is 6.61 Å². The van der Waals surface area contributed by atoms with E-state index < -0.39 is 18.5 Å². The van der Waals surface area contributed by atoms with Crippen LogP contribution < -0.4 is 11.1 Å². The van der Waals surface area contributed by atoms with Crippen molar-refractivity contribution in [1.82, 2.24) is 9.78 Å². The molecule has 1 amide bonds. The summed E-state index contributed by atoms with van der Waals surface area (Å²) < 4.78 is 6.74. The summed E-state index contributed by atoms with van der Waals surface area (Å²) in [6, 6.07) is 25.2. The molecule has 160 valence electrons. The minimum absolute atomic E-state index is 0.209. The second-order valence-electron chi connectivity index (χ2n) is 6.89. The van der Waals surface area contributed by atoms with E-state index in [2.05, 4.69) is 10.4 Å². The third-order valence-corrected chi connectivity index (χ3v) is 4.96. The predicted octanol–water partition coefficient (Wildman–Crippen LogP) is 4.57. The smallest absolute Gasteiger partial charge is 0.338 e. The second kappa shape index (κ2) is 9.36. The summed E-state index contributed by atoms with van der Waals surface area (Å²) in [7, 11) is 0. The van der Waals surface area contributed by atoms with Crippen molar-refractivity contribution in [1.29, 1.82) is 0 Å². The van der Waals surface area contributed by atoms with Gasteiger partial charge in [0.05, 0.1) is 27.7 Å². The topological polar surface area (TPSA) is 99.2 Å². The van der Waals surface area contributed by atoms with Crippen LogP contribution in [-0.4, -0.2) is 28.3 Å². The van der Waals surface area contributed by atoms with Crippen molar-refractivity contribution in [3.8, 4) is 16.9 Å². The highest BCUT2D eigenvalue weighted by Gasteiger charge is 2.16. The average Bonchev–Trinajstić information content (AvgIpc) is 3.24. The zero-order chi connectivity index (χ0) is 22.5. The molecule has 3 aromatic carbocycles. The largest absolute Gasteiger partial charge is 0.452 e. The van der Waals surface area contributed by atoms with Crippen molar-refractivity contribution in [3.05, 3.63) is 95.5 Å². The number of nitrogens with two attached hydrogens (primary N) is 1. The number of ether oxygens (including phenoxy) is 1. The van der Waals surface area contributed by atoms with Gasteiger partial charge in [0.25, 0.3) is 5.91 Å². The van der Waals surface area contributed by atoms with E-state index in [1.807, 2.05) is 60.7 Å². The second-order valence-corrected chi connectivity index (χ2v) is 7.30. The number of benzene rings is 3. The molecule has 1 aromatic heterocycles. The van der Waals surface area contributed by atoms with Crippen molar-refractivity contribution in [3.63, 3.8) is 0 Å². The summed E-state index contributed by atoms with van der Waals surface area (Å²) in [5, 5.41) is 7.73. The highest BCUT2D eigenvalue weighted by molar-refractivity contribution is 6.33. The van der Waals surface area contributed by atoms with Crippen LogP contribution in [0.5, 0.6) is 0 Å². The Morgan fingerprint density at radius 3 is 2.34 bits per heavy atom. The number of esters is 1. The van der Waals surface area contributed by atoms with Gasteiger partial charge in [-0.1, -0.05) is 60.1 Å². The fourth-order valence-corrected chi connectivity index (χ4v) is 3.17. The van der Waals surface area contributed by atoms with Gasteiger partial charge < -0.3 is 15.8 Å². The van der Waals surface area contributed by atoms with E-state index in [9.17, 15) is 9.59 Å². The Labute approximate surface area is 189 Å². The molecule has 0 atom stereocenters. The lowest BCUT2D eigenvalue weighted by molar-refractivity contribution is -0.119. The first kappa shape index (κ1) is 21.1. The van der Waals surface area contributed by atoms with Gasteiger partial charge in [-0.25, -0.2) is 9.48 Å². The van der Waals surface area contributed by atoms with Crippen molar-refractivity contribution >= 4 is 35.0 Å². The van der Waals surface area contributed by atoms with Crippen LogP contribution in [0.4, 0.5) is 11.5 Å². The quantitative estimate of drug-likeness (QED) is 0.334. The Kier molecular flexibility index (Phi) is 6.19. The van der Waals surface area contributed by atoms with Crippen molar-refractivity contribution in [2.24, 2.45) is 0 Å². The first-order valence-corrected chi connectivity index (χ1v) is 10.1. The fourth-order valence-electron chi connectivity index (χ4n) is 3.05. The molecule has 4 rings (SSSR count). The number of anilines is 2. The summed E-state index contributed by atoms with van der Waals surface area (Å²) in [6.45, 7) is -0.470. The number of hydrogen-bond acceptors (Lipinski definition) is 5. The molecule has 4 aromatic rings. The number of carbonyl (C=O) groups excluding carboxylic acids is 2. The third kappa shape index (κ3) is 4.79. The molecule has 0 radical (unpaired) electrons. The van der Waals surface area contributed by atoms with Gasteiger partial charge >= 0.3 is 5.97 Å². The monoisotopic (exact) mass is 446 g/mol. The number of halogens is 1. The van der Waals surface area contributed by atoms with Gasteiger partial charge in [-0.15, -0.1) is 0 Å². The summed E-state index contributed by atoms with van der Waals surface area (Å²) >= 11 is 5.87. The fraction of sp³-hybridized carbons (Fsp3) is 0.0417. The number of nitrogen functional groups attached to an aromatic ring is 1. The summed E-state index contributed by atoms with van der Waals surface area (Å²) in [5.74, 6) is -0.728. The van der Waals surface area contributed by atoms with E-state index in [1.165, 1.54) is 18.2 Å². The Hall–Kier alpha value is -4.10. The summed E-state index contributed by atoms with van der Waals surface area (Å²) in [6.07, 6.45) is 0. The van der Waals surface area contributed by atoms with Crippen LogP contribution in [0.1, 0.15) is 10.4 Å². The van der Waals surface area contributed by atoms with E-state index in [-0.39, 0.29) is 11.3 Å². The molecule has 0 fully saturated rings. The van der Waals surface area contributed by atoms with Crippen molar-refractivity contribution < 1.29 is 14.3 Å². The Balaban J connectivity index is 1.51. The van der Waals surface area contributed by atoms with Crippen LogP contribution in [0.15, 0.2) is 84.9 Å². The lowest BCUT2D eigenvalue weighted by Crippen LogP contribution is -2.22. The van der Waals surface area contributed by atoms with Gasteiger partial charge in [0.1, 0.15) is 5.82 Å². The Bertz CT molecular complexity index is 1260. The van der Waals surface area contributed by atoms with Gasteiger partial charge in [0, 0.05) is 11.6 Å². The molecule has 0 saturated carbocycles. The number of para-hydroxylation sites is 1. The maximum atomic E-state index is 12.5. The molecule has 0 aliphatic heterocycles. The zero-order valence-electron chi connectivity index (χ0n) is 16.9. The zero-order valence-corrected chi connectivity index (χ0v) is 17.6. The Morgan fingerprint density at radius 1 is 0.969 bits per heavy atom. The molecule has 7 nitrogen and oxygen atoms in total. The minimum atomic E-state index is -0.676. The highest BCUT2D eigenvalue weighted by atomic mass is 35.5. The first-order valence-electron chi connectivity index (χ1n) is 9.74. The summed E-state index contributed by atoms with van der Waals surface area (Å²) in [4.78, 5) is 24.7. The van der Waals surface area contributed by atoms with E-state index >= 15 is 0 Å². The predicted molar refractivity (Wildman–Crippen MR) is 124 cm³/mol. The minimum Gasteiger partial charge on any atom is -0.452 e. The van der Waals surface area contributed by atoms with Crippen LogP contribution in [0.3, 0.4) is 0 Å².